The molecule has 2 aromatic rings. The van der Waals surface area contributed by atoms with Gasteiger partial charge in [0, 0.05) is 3.57 Å². The number of carbonyl (C=O) groups is 3. The van der Waals surface area contributed by atoms with Crippen molar-refractivity contribution in [2.45, 2.75) is 4.21 Å². The number of thiophene rings is 1. The predicted octanol–water partition coefficient (Wildman–Crippen LogP) is 2.99. The number of rotatable bonds is 5. The van der Waals surface area contributed by atoms with Crippen LogP contribution in [0.25, 0.3) is 6.08 Å². The number of carboxylic acid groups (broad SMARTS) is 1. The van der Waals surface area contributed by atoms with Gasteiger partial charge < -0.3 is 5.11 Å². The molecule has 0 unspecified atom stereocenters. The lowest BCUT2D eigenvalue weighted by molar-refractivity contribution is -0.134. The van der Waals surface area contributed by atoms with Crippen molar-refractivity contribution in [2.75, 3.05) is 10.8 Å². The second kappa shape index (κ2) is 7.58. The minimum Gasteiger partial charge on any atom is -0.481 e. The third-order valence-corrected chi connectivity index (χ3v) is 6.23. The highest BCUT2D eigenvalue weighted by Gasteiger charge is 2.34. The summed E-state index contributed by atoms with van der Waals surface area (Å²) in [6.07, 6.45) is 1.51. The maximum atomic E-state index is 12.6. The quantitative estimate of drug-likeness (QED) is 0.294. The number of halogens is 1. The Hall–Kier alpha value is -1.85. The van der Waals surface area contributed by atoms with E-state index in [1.807, 2.05) is 12.1 Å². The molecule has 1 aromatic carbocycles. The van der Waals surface area contributed by atoms with Crippen LogP contribution in [-0.2, 0) is 14.4 Å². The van der Waals surface area contributed by atoms with Crippen LogP contribution in [0.15, 0.2) is 45.5 Å². The van der Waals surface area contributed by atoms with E-state index in [0.717, 1.165) is 19.5 Å². The van der Waals surface area contributed by atoms with E-state index >= 15 is 0 Å². The number of benzene rings is 1. The molecule has 1 aliphatic rings. The molecule has 6 nitrogen and oxygen atoms in total. The average Bonchev–Trinajstić information content (AvgIpc) is 3.13. The third kappa shape index (κ3) is 4.05. The van der Waals surface area contributed by atoms with Crippen LogP contribution in [-0.4, -0.2) is 28.6 Å². The number of thioether (sulfide) groups is 1. The zero-order valence-corrected chi connectivity index (χ0v) is 16.4. The van der Waals surface area contributed by atoms with E-state index in [0.29, 0.717) is 11.3 Å². The first-order valence-corrected chi connectivity index (χ1v) is 9.95. The molecular formula is C16H11IN2O4S2. The molecule has 1 aromatic heterocycles. The minimum atomic E-state index is -0.920. The number of hydrogen-bond acceptors (Lipinski definition) is 5. The molecule has 0 atom stereocenters. The molecule has 1 saturated heterocycles. The summed E-state index contributed by atoms with van der Waals surface area (Å²) in [5.74, 6) is -1.92. The van der Waals surface area contributed by atoms with Crippen LogP contribution >= 0.6 is 45.7 Å². The molecular weight excluding hydrogens is 475 g/mol. The number of carbonyl (C=O) groups excluding carboxylic acids is 2. The Labute approximate surface area is 165 Å². The summed E-state index contributed by atoms with van der Waals surface area (Å²) in [6.45, 7) is 0. The predicted molar refractivity (Wildman–Crippen MR) is 105 cm³/mol. The molecule has 1 fully saturated rings. The largest absolute Gasteiger partial charge is 0.481 e. The van der Waals surface area contributed by atoms with Gasteiger partial charge in [-0.15, -0.1) is 23.1 Å². The topological polar surface area (TPSA) is 86.7 Å². The van der Waals surface area contributed by atoms with Crippen LogP contribution in [0.3, 0.4) is 0 Å². The van der Waals surface area contributed by atoms with E-state index in [2.05, 4.69) is 28.0 Å². The van der Waals surface area contributed by atoms with E-state index in [4.69, 9.17) is 5.11 Å². The summed E-state index contributed by atoms with van der Waals surface area (Å²) in [5, 5.41) is 11.8. The lowest BCUT2D eigenvalue weighted by Gasteiger charge is -2.14. The average molecular weight is 486 g/mol. The molecule has 0 radical (unpaired) electrons. The van der Waals surface area contributed by atoms with Gasteiger partial charge in [-0.05, 0) is 69.9 Å². The fourth-order valence-corrected chi connectivity index (χ4v) is 4.27. The Morgan fingerprint density at radius 3 is 2.68 bits per heavy atom. The molecule has 0 spiro atoms. The molecule has 0 bridgehead atoms. The second-order valence-electron chi connectivity index (χ2n) is 4.96. The van der Waals surface area contributed by atoms with Gasteiger partial charge in [-0.1, -0.05) is 0 Å². The van der Waals surface area contributed by atoms with Crippen molar-refractivity contribution < 1.29 is 19.5 Å². The highest BCUT2D eigenvalue weighted by Crippen LogP contribution is 2.31. The Morgan fingerprint density at radius 2 is 2.00 bits per heavy atom. The first kappa shape index (κ1) is 18.0. The lowest BCUT2D eigenvalue weighted by atomic mass is 10.2. The van der Waals surface area contributed by atoms with E-state index < -0.39 is 17.8 Å². The number of hydrazine groups is 1. The Bertz CT molecular complexity index is 877. The minimum absolute atomic E-state index is 0.0223. The maximum Gasteiger partial charge on any atom is 0.313 e. The van der Waals surface area contributed by atoms with Crippen molar-refractivity contribution in [3.8, 4) is 0 Å². The Kier molecular flexibility index (Phi) is 5.45. The zero-order chi connectivity index (χ0) is 18.0. The number of anilines is 1. The van der Waals surface area contributed by atoms with Crippen molar-refractivity contribution >= 4 is 75.2 Å². The summed E-state index contributed by atoms with van der Waals surface area (Å²) in [6, 6.07) is 8.95. The van der Waals surface area contributed by atoms with Crippen molar-refractivity contribution in [3.63, 3.8) is 0 Å². The Morgan fingerprint density at radius 1 is 1.28 bits per heavy atom. The van der Waals surface area contributed by atoms with Crippen LogP contribution in [0.5, 0.6) is 0 Å². The fourth-order valence-electron chi connectivity index (χ4n) is 2.14. The van der Waals surface area contributed by atoms with Crippen molar-refractivity contribution in [3.05, 3.63) is 50.4 Å². The summed E-state index contributed by atoms with van der Waals surface area (Å²) < 4.78 is 1.77. The third-order valence-electron chi connectivity index (χ3n) is 3.26. The summed E-state index contributed by atoms with van der Waals surface area (Å²) in [5.41, 5.74) is 3.81. The standard InChI is InChI=1S/C16H11IN2O4S2/c17-10-1-3-11(4-2-10)19-15(23)12(14(22)18-19)7-9-5-6-24-16(9)25-8-13(20)21/h1-7H,8H2,(H,18,22)(H,20,21)/b12-7+. The van der Waals surface area contributed by atoms with Gasteiger partial charge in [0.05, 0.1) is 15.6 Å². The van der Waals surface area contributed by atoms with Crippen LogP contribution in [0.4, 0.5) is 5.69 Å². The summed E-state index contributed by atoms with van der Waals surface area (Å²) >= 11 is 4.70. The van der Waals surface area contributed by atoms with Crippen LogP contribution < -0.4 is 10.4 Å². The van der Waals surface area contributed by atoms with Crippen molar-refractivity contribution in [1.29, 1.82) is 0 Å². The second-order valence-corrected chi connectivity index (χ2v) is 8.37. The fraction of sp³-hybridized carbons (Fsp3) is 0.0625. The number of carboxylic acids is 1. The summed E-state index contributed by atoms with van der Waals surface area (Å²) in [7, 11) is 0. The highest BCUT2D eigenvalue weighted by molar-refractivity contribution is 14.1. The van der Waals surface area contributed by atoms with Gasteiger partial charge in [0.1, 0.15) is 5.57 Å². The van der Waals surface area contributed by atoms with Crippen LogP contribution in [0, 0.1) is 3.57 Å². The first-order valence-electron chi connectivity index (χ1n) is 7.00. The molecule has 2 N–H and O–H groups in total. The molecule has 25 heavy (non-hydrogen) atoms. The first-order chi connectivity index (χ1) is 12.0. The maximum absolute atomic E-state index is 12.6. The molecule has 2 heterocycles. The number of nitrogens with zero attached hydrogens (tertiary/aromatic N) is 1. The molecule has 1 aliphatic heterocycles. The van der Waals surface area contributed by atoms with Crippen molar-refractivity contribution in [1.82, 2.24) is 5.43 Å². The lowest BCUT2D eigenvalue weighted by Crippen LogP contribution is -2.35. The molecule has 9 heteroatoms. The van der Waals surface area contributed by atoms with Gasteiger partial charge in [0.15, 0.2) is 0 Å². The smallest absolute Gasteiger partial charge is 0.313 e. The molecule has 0 aliphatic carbocycles. The number of hydrogen-bond donors (Lipinski definition) is 2. The van der Waals surface area contributed by atoms with Gasteiger partial charge in [0.25, 0.3) is 11.8 Å². The number of aliphatic carboxylic acids is 1. The zero-order valence-electron chi connectivity index (χ0n) is 12.6. The monoisotopic (exact) mass is 486 g/mol. The molecule has 0 saturated carbocycles. The Balaban J connectivity index is 1.85. The van der Waals surface area contributed by atoms with Gasteiger partial charge in [-0.2, -0.15) is 0 Å². The van der Waals surface area contributed by atoms with Crippen molar-refractivity contribution in [2.24, 2.45) is 0 Å². The van der Waals surface area contributed by atoms with E-state index in [-0.39, 0.29) is 11.3 Å². The van der Waals surface area contributed by atoms with E-state index in [1.54, 1.807) is 23.6 Å². The van der Waals surface area contributed by atoms with E-state index in [1.165, 1.54) is 22.4 Å². The highest BCUT2D eigenvalue weighted by atomic mass is 127. The number of nitrogens with one attached hydrogen (secondary N) is 1. The molecule has 128 valence electrons. The van der Waals surface area contributed by atoms with Gasteiger partial charge in [-0.25, -0.2) is 5.01 Å². The SMILES string of the molecule is O=C(O)CSc1sccc1/C=C1\C(=O)NN(c2ccc(I)cc2)C1=O. The van der Waals surface area contributed by atoms with Crippen LogP contribution in [0.1, 0.15) is 5.56 Å². The normalized spacial score (nSPS) is 15.7. The van der Waals surface area contributed by atoms with E-state index in [9.17, 15) is 14.4 Å². The van der Waals surface area contributed by atoms with Gasteiger partial charge in [-0.3, -0.25) is 19.8 Å². The van der Waals surface area contributed by atoms with Gasteiger partial charge in [0.2, 0.25) is 0 Å². The molecule has 2 amide bonds. The number of amides is 2. The van der Waals surface area contributed by atoms with Crippen LogP contribution in [0.2, 0.25) is 0 Å². The summed E-state index contributed by atoms with van der Waals surface area (Å²) in [4.78, 5) is 35.5. The molecule has 3 rings (SSSR count). The van der Waals surface area contributed by atoms with Gasteiger partial charge >= 0.3 is 5.97 Å².